The predicted octanol–water partition coefficient (Wildman–Crippen LogP) is 4.18. The molecule has 0 bridgehead atoms. The average molecular weight is 278 g/mol. The highest BCUT2D eigenvalue weighted by Gasteiger charge is 2.12. The first-order chi connectivity index (χ1) is 6.50. The van der Waals surface area contributed by atoms with Gasteiger partial charge in [0.2, 0.25) is 0 Å². The molecule has 1 unspecified atom stereocenters. The Bertz CT molecular complexity index is 312. The molecule has 0 saturated carbocycles. The van der Waals surface area contributed by atoms with E-state index < -0.39 is 6.10 Å². The van der Waals surface area contributed by atoms with Crippen LogP contribution in [0.1, 0.15) is 31.9 Å². The molecule has 1 nitrogen and oxygen atoms in total. The second-order valence-corrected chi connectivity index (χ2v) is 5.13. The Kier molecular flexibility index (Phi) is 4.42. The highest BCUT2D eigenvalue weighted by Crippen LogP contribution is 2.29. The van der Waals surface area contributed by atoms with Crippen LogP contribution in [0.2, 0.25) is 5.02 Å². The van der Waals surface area contributed by atoms with Crippen LogP contribution < -0.4 is 0 Å². The van der Waals surface area contributed by atoms with E-state index in [1.807, 2.05) is 12.1 Å². The largest absolute Gasteiger partial charge is 0.388 e. The number of hydrogen-bond donors (Lipinski definition) is 1. The second kappa shape index (κ2) is 5.15. The van der Waals surface area contributed by atoms with Crippen LogP contribution in [0.15, 0.2) is 22.7 Å². The summed E-state index contributed by atoms with van der Waals surface area (Å²) in [5.74, 6) is 0.463. The molecule has 0 aliphatic rings. The minimum atomic E-state index is -0.462. The van der Waals surface area contributed by atoms with Crippen LogP contribution >= 0.6 is 27.5 Å². The van der Waals surface area contributed by atoms with Crippen molar-refractivity contribution in [2.45, 2.75) is 26.4 Å². The number of benzene rings is 1. The van der Waals surface area contributed by atoms with Gasteiger partial charge in [0.05, 0.1) is 6.10 Å². The molecule has 0 aliphatic carbocycles. The lowest BCUT2D eigenvalue weighted by atomic mass is 10.00. The van der Waals surface area contributed by atoms with Gasteiger partial charge in [-0.25, -0.2) is 0 Å². The molecule has 0 spiro atoms. The van der Waals surface area contributed by atoms with E-state index in [1.165, 1.54) is 0 Å². The third-order valence-corrected chi connectivity index (χ3v) is 2.84. The van der Waals surface area contributed by atoms with Gasteiger partial charge < -0.3 is 5.11 Å². The lowest BCUT2D eigenvalue weighted by Gasteiger charge is -2.14. The van der Waals surface area contributed by atoms with Crippen molar-refractivity contribution < 1.29 is 5.11 Å². The van der Waals surface area contributed by atoms with Gasteiger partial charge in [-0.1, -0.05) is 47.4 Å². The number of hydrogen-bond acceptors (Lipinski definition) is 1. The summed E-state index contributed by atoms with van der Waals surface area (Å²) in [4.78, 5) is 0. The van der Waals surface area contributed by atoms with Crippen molar-refractivity contribution in [1.29, 1.82) is 0 Å². The Morgan fingerprint density at radius 3 is 2.57 bits per heavy atom. The molecule has 0 heterocycles. The highest BCUT2D eigenvalue weighted by molar-refractivity contribution is 9.10. The summed E-state index contributed by atoms with van der Waals surface area (Å²) < 4.78 is 0.933. The fourth-order valence-electron chi connectivity index (χ4n) is 1.35. The summed E-state index contributed by atoms with van der Waals surface area (Å²) in [7, 11) is 0. The fraction of sp³-hybridized carbons (Fsp3) is 0.455. The van der Waals surface area contributed by atoms with Crippen LogP contribution in [0, 0.1) is 5.92 Å². The molecule has 1 N–H and O–H groups in total. The summed E-state index contributed by atoms with van der Waals surface area (Å²) >= 11 is 9.35. The first-order valence-corrected chi connectivity index (χ1v) is 5.81. The molecular weight excluding hydrogens is 263 g/mol. The molecule has 0 fully saturated rings. The van der Waals surface area contributed by atoms with Gasteiger partial charge in [0.15, 0.2) is 0 Å². The van der Waals surface area contributed by atoms with E-state index in [0.717, 1.165) is 16.5 Å². The third-order valence-electron chi connectivity index (χ3n) is 2.02. The summed E-state index contributed by atoms with van der Waals surface area (Å²) in [6, 6.07) is 5.56. The van der Waals surface area contributed by atoms with Gasteiger partial charge in [0.1, 0.15) is 0 Å². The second-order valence-electron chi connectivity index (χ2n) is 3.81. The molecule has 0 aromatic heterocycles. The molecule has 0 aliphatic heterocycles. The van der Waals surface area contributed by atoms with Crippen LogP contribution in [-0.4, -0.2) is 5.11 Å². The first kappa shape index (κ1) is 12.0. The average Bonchev–Trinajstić information content (AvgIpc) is 2.01. The van der Waals surface area contributed by atoms with E-state index in [2.05, 4.69) is 29.8 Å². The molecule has 1 atom stereocenters. The summed E-state index contributed by atoms with van der Waals surface area (Å²) in [6.45, 7) is 4.16. The van der Waals surface area contributed by atoms with Gasteiger partial charge >= 0.3 is 0 Å². The zero-order valence-electron chi connectivity index (χ0n) is 8.30. The Labute approximate surface area is 98.2 Å². The number of rotatable bonds is 3. The molecule has 78 valence electrons. The number of aliphatic hydroxyl groups is 1. The van der Waals surface area contributed by atoms with Gasteiger partial charge in [-0.3, -0.25) is 0 Å². The Balaban J connectivity index is 2.84. The minimum absolute atomic E-state index is 0.462. The third kappa shape index (κ3) is 3.26. The molecule has 0 amide bonds. The summed E-state index contributed by atoms with van der Waals surface area (Å²) in [5.41, 5.74) is 0.809. The van der Waals surface area contributed by atoms with Crippen LogP contribution in [0.3, 0.4) is 0 Å². The molecule has 1 rings (SSSR count). The summed E-state index contributed by atoms with van der Waals surface area (Å²) in [6.07, 6.45) is 0.275. The van der Waals surface area contributed by atoms with Crippen molar-refractivity contribution in [3.8, 4) is 0 Å². The van der Waals surface area contributed by atoms with Crippen LogP contribution in [0.4, 0.5) is 0 Å². The van der Waals surface area contributed by atoms with Crippen molar-refractivity contribution in [1.82, 2.24) is 0 Å². The molecule has 0 radical (unpaired) electrons. The molecule has 1 aromatic rings. The topological polar surface area (TPSA) is 20.2 Å². The van der Waals surface area contributed by atoms with Crippen molar-refractivity contribution in [3.05, 3.63) is 33.3 Å². The SMILES string of the molecule is CC(C)CC(O)c1ccc(Br)cc1Cl. The monoisotopic (exact) mass is 276 g/mol. The maximum Gasteiger partial charge on any atom is 0.0806 e. The van der Waals surface area contributed by atoms with E-state index in [0.29, 0.717) is 10.9 Å². The standard InChI is InChI=1S/C11H14BrClO/c1-7(2)5-11(14)9-4-3-8(12)6-10(9)13/h3-4,6-7,11,14H,5H2,1-2H3. The summed E-state index contributed by atoms with van der Waals surface area (Å²) in [5, 5.41) is 10.5. The van der Waals surface area contributed by atoms with Crippen LogP contribution in [-0.2, 0) is 0 Å². The lowest BCUT2D eigenvalue weighted by Crippen LogP contribution is -2.02. The Morgan fingerprint density at radius 2 is 2.07 bits per heavy atom. The highest BCUT2D eigenvalue weighted by atomic mass is 79.9. The van der Waals surface area contributed by atoms with Crippen LogP contribution in [0.5, 0.6) is 0 Å². The lowest BCUT2D eigenvalue weighted by molar-refractivity contribution is 0.151. The van der Waals surface area contributed by atoms with Crippen LogP contribution in [0.25, 0.3) is 0 Å². The number of aliphatic hydroxyl groups excluding tert-OH is 1. The minimum Gasteiger partial charge on any atom is -0.388 e. The molecule has 14 heavy (non-hydrogen) atoms. The van der Waals surface area contributed by atoms with Gasteiger partial charge in [0, 0.05) is 9.50 Å². The van der Waals surface area contributed by atoms with E-state index in [-0.39, 0.29) is 0 Å². The normalized spacial score (nSPS) is 13.3. The van der Waals surface area contributed by atoms with E-state index >= 15 is 0 Å². The van der Waals surface area contributed by atoms with Crippen molar-refractivity contribution in [2.75, 3.05) is 0 Å². The number of halogens is 2. The van der Waals surface area contributed by atoms with Gasteiger partial charge in [-0.05, 0) is 30.0 Å². The zero-order valence-corrected chi connectivity index (χ0v) is 10.6. The predicted molar refractivity (Wildman–Crippen MR) is 63.6 cm³/mol. The van der Waals surface area contributed by atoms with Gasteiger partial charge in [0.25, 0.3) is 0 Å². The molecule has 0 saturated heterocycles. The van der Waals surface area contributed by atoms with E-state index in [9.17, 15) is 5.11 Å². The van der Waals surface area contributed by atoms with Crippen molar-refractivity contribution in [2.24, 2.45) is 5.92 Å². The molecule has 1 aromatic carbocycles. The zero-order chi connectivity index (χ0) is 10.7. The maximum atomic E-state index is 9.86. The quantitative estimate of drug-likeness (QED) is 0.878. The Morgan fingerprint density at radius 1 is 1.43 bits per heavy atom. The smallest absolute Gasteiger partial charge is 0.0806 e. The fourth-order valence-corrected chi connectivity index (χ4v) is 2.14. The van der Waals surface area contributed by atoms with Gasteiger partial charge in [-0.15, -0.1) is 0 Å². The van der Waals surface area contributed by atoms with E-state index in [1.54, 1.807) is 6.07 Å². The van der Waals surface area contributed by atoms with E-state index in [4.69, 9.17) is 11.6 Å². The first-order valence-electron chi connectivity index (χ1n) is 4.63. The van der Waals surface area contributed by atoms with Crippen molar-refractivity contribution >= 4 is 27.5 Å². The molecule has 3 heteroatoms. The van der Waals surface area contributed by atoms with Gasteiger partial charge in [-0.2, -0.15) is 0 Å². The van der Waals surface area contributed by atoms with Crippen molar-refractivity contribution in [3.63, 3.8) is 0 Å². The maximum absolute atomic E-state index is 9.86. The molecular formula is C11H14BrClO. The Hall–Kier alpha value is -0.0500.